The third-order valence-corrected chi connectivity index (χ3v) is 3.07. The normalized spacial score (nSPS) is 8.13. The van der Waals surface area contributed by atoms with E-state index in [1.165, 1.54) is 0 Å². The fourth-order valence-electron chi connectivity index (χ4n) is 0.949. The van der Waals surface area contributed by atoms with Gasteiger partial charge in [-0.1, -0.05) is 80.1 Å². The molecule has 0 saturated heterocycles. The summed E-state index contributed by atoms with van der Waals surface area (Å²) in [6.45, 7) is 14.4. The molecule has 0 heterocycles. The Bertz CT molecular complexity index is 120. The van der Waals surface area contributed by atoms with Gasteiger partial charge in [-0.05, 0) is 38.5 Å². The molecular formula is C24H60MoO6. The zero-order chi connectivity index (χ0) is 24.7. The van der Waals surface area contributed by atoms with Crippen LogP contribution in [-0.2, 0) is 21.1 Å². The number of aliphatic hydroxyl groups is 6. The summed E-state index contributed by atoms with van der Waals surface area (Å²) >= 11 is 0. The summed E-state index contributed by atoms with van der Waals surface area (Å²) in [4.78, 5) is 0. The molecule has 0 aromatic heterocycles. The minimum absolute atomic E-state index is 0. The molecule has 0 radical (unpaired) electrons. The van der Waals surface area contributed by atoms with E-state index in [-0.39, 0.29) is 21.1 Å². The van der Waals surface area contributed by atoms with Gasteiger partial charge in [0, 0.05) is 60.7 Å². The van der Waals surface area contributed by atoms with Crippen LogP contribution in [0.4, 0.5) is 0 Å². The molecule has 0 unspecified atom stereocenters. The summed E-state index contributed by atoms with van der Waals surface area (Å²) in [5.41, 5.74) is 0. The summed E-state index contributed by atoms with van der Waals surface area (Å²) in [6.07, 6.45) is 12.2. The number of aliphatic hydroxyl groups excluding tert-OH is 6. The summed E-state index contributed by atoms with van der Waals surface area (Å²) in [6, 6.07) is 0. The fourth-order valence-corrected chi connectivity index (χ4v) is 0.949. The van der Waals surface area contributed by atoms with Gasteiger partial charge in [-0.15, -0.1) is 0 Å². The van der Waals surface area contributed by atoms with Crippen molar-refractivity contribution in [1.29, 1.82) is 0 Å². The molecule has 0 saturated carbocycles. The molecule has 0 fully saturated rings. The Kier molecular flexibility index (Phi) is 122. The van der Waals surface area contributed by atoms with E-state index in [2.05, 4.69) is 41.5 Å². The molecule has 0 amide bonds. The fraction of sp³-hybridized carbons (Fsp3) is 1.00. The van der Waals surface area contributed by atoms with Gasteiger partial charge < -0.3 is 30.6 Å². The summed E-state index contributed by atoms with van der Waals surface area (Å²) in [5.74, 6) is 0. The topological polar surface area (TPSA) is 121 Å². The maximum absolute atomic E-state index is 8.07. The zero-order valence-corrected chi connectivity index (χ0v) is 23.8. The van der Waals surface area contributed by atoms with Gasteiger partial charge in [0.25, 0.3) is 0 Å². The first-order valence-electron chi connectivity index (χ1n) is 12.1. The van der Waals surface area contributed by atoms with Crippen LogP contribution in [0.1, 0.15) is 119 Å². The SMILES string of the molecule is CCCCO.CCCCO.CCCCO.CCCCO.CCCCO.CCCCO.[Mo]. The van der Waals surface area contributed by atoms with Gasteiger partial charge in [0.2, 0.25) is 0 Å². The molecule has 6 N–H and O–H groups in total. The van der Waals surface area contributed by atoms with Crippen molar-refractivity contribution >= 4 is 0 Å². The molecule has 6 nitrogen and oxygen atoms in total. The third kappa shape index (κ3) is 159. The molecule has 0 bridgehead atoms. The van der Waals surface area contributed by atoms with Gasteiger partial charge in [0.05, 0.1) is 0 Å². The molecular weight excluding hydrogens is 480 g/mol. The van der Waals surface area contributed by atoms with Crippen molar-refractivity contribution in [3.05, 3.63) is 0 Å². The Hall–Kier alpha value is 0.448. The van der Waals surface area contributed by atoms with Crippen LogP contribution >= 0.6 is 0 Å². The van der Waals surface area contributed by atoms with Crippen LogP contribution in [0.25, 0.3) is 0 Å². The van der Waals surface area contributed by atoms with Crippen molar-refractivity contribution in [2.24, 2.45) is 0 Å². The molecule has 31 heavy (non-hydrogen) atoms. The van der Waals surface area contributed by atoms with E-state index >= 15 is 0 Å². The summed E-state index contributed by atoms with van der Waals surface area (Å²) in [5, 5.41) is 48.4. The first kappa shape index (κ1) is 48.8. The monoisotopic (exact) mass is 542 g/mol. The Labute approximate surface area is 209 Å². The van der Waals surface area contributed by atoms with Crippen LogP contribution in [0, 0.1) is 0 Å². The molecule has 0 spiro atoms. The van der Waals surface area contributed by atoms with Crippen LogP contribution in [0.15, 0.2) is 0 Å². The Morgan fingerprint density at radius 2 is 0.387 bits per heavy atom. The van der Waals surface area contributed by atoms with Crippen LogP contribution < -0.4 is 0 Å². The van der Waals surface area contributed by atoms with Gasteiger partial charge in [0.1, 0.15) is 0 Å². The van der Waals surface area contributed by atoms with Crippen LogP contribution in [-0.4, -0.2) is 70.3 Å². The van der Waals surface area contributed by atoms with Crippen molar-refractivity contribution in [3.63, 3.8) is 0 Å². The first-order valence-corrected chi connectivity index (χ1v) is 12.1. The van der Waals surface area contributed by atoms with Gasteiger partial charge in [-0.25, -0.2) is 0 Å². The second-order valence-electron chi connectivity index (χ2n) is 6.46. The zero-order valence-electron chi connectivity index (χ0n) is 21.8. The van der Waals surface area contributed by atoms with Crippen LogP contribution in [0.5, 0.6) is 0 Å². The van der Waals surface area contributed by atoms with E-state index in [1.54, 1.807) is 0 Å². The average Bonchev–Trinajstić information content (AvgIpc) is 2.74. The third-order valence-electron chi connectivity index (χ3n) is 3.07. The maximum Gasteiger partial charge on any atom is 0.0430 e. The van der Waals surface area contributed by atoms with Crippen LogP contribution in [0.2, 0.25) is 0 Å². The molecule has 0 aromatic carbocycles. The molecule has 0 aromatic rings. The number of hydrogen-bond donors (Lipinski definition) is 6. The Morgan fingerprint density at radius 1 is 0.290 bits per heavy atom. The summed E-state index contributed by atoms with van der Waals surface area (Å²) in [7, 11) is 0. The quantitative estimate of drug-likeness (QED) is 0.200. The van der Waals surface area contributed by atoms with Gasteiger partial charge >= 0.3 is 0 Å². The van der Waals surface area contributed by atoms with E-state index < -0.39 is 0 Å². The number of rotatable bonds is 12. The second kappa shape index (κ2) is 77.6. The van der Waals surface area contributed by atoms with Crippen molar-refractivity contribution in [2.45, 2.75) is 119 Å². The largest absolute Gasteiger partial charge is 0.396 e. The van der Waals surface area contributed by atoms with E-state index in [0.29, 0.717) is 39.6 Å². The number of unbranched alkanes of at least 4 members (excludes halogenated alkanes) is 6. The van der Waals surface area contributed by atoms with E-state index in [0.717, 1.165) is 77.0 Å². The maximum atomic E-state index is 8.07. The molecule has 198 valence electrons. The molecule has 0 aliphatic rings. The predicted molar refractivity (Wildman–Crippen MR) is 132 cm³/mol. The second-order valence-corrected chi connectivity index (χ2v) is 6.46. The molecule has 0 rings (SSSR count). The smallest absolute Gasteiger partial charge is 0.0430 e. The van der Waals surface area contributed by atoms with E-state index in [9.17, 15) is 0 Å². The molecule has 0 aliphatic heterocycles. The first-order chi connectivity index (χ1) is 14.5. The Morgan fingerprint density at radius 3 is 0.387 bits per heavy atom. The predicted octanol–water partition coefficient (Wildman–Crippen LogP) is 4.67. The van der Waals surface area contributed by atoms with E-state index in [1.807, 2.05) is 0 Å². The van der Waals surface area contributed by atoms with Crippen LogP contribution in [0.3, 0.4) is 0 Å². The van der Waals surface area contributed by atoms with Gasteiger partial charge in [-0.3, -0.25) is 0 Å². The van der Waals surface area contributed by atoms with Crippen molar-refractivity contribution in [2.75, 3.05) is 39.6 Å². The number of hydrogen-bond acceptors (Lipinski definition) is 6. The van der Waals surface area contributed by atoms with E-state index in [4.69, 9.17) is 30.6 Å². The summed E-state index contributed by atoms with van der Waals surface area (Å²) < 4.78 is 0. The molecule has 0 aliphatic carbocycles. The van der Waals surface area contributed by atoms with Crippen molar-refractivity contribution in [1.82, 2.24) is 0 Å². The molecule has 0 atom stereocenters. The van der Waals surface area contributed by atoms with Crippen molar-refractivity contribution < 1.29 is 51.7 Å². The minimum atomic E-state index is 0. The standard InChI is InChI=1S/6C4H10O.Mo/c6*1-2-3-4-5;/h6*5H,2-4H2,1H3;. The van der Waals surface area contributed by atoms with Crippen molar-refractivity contribution in [3.8, 4) is 0 Å². The average molecular weight is 541 g/mol. The Balaban J connectivity index is -0.0000000443. The van der Waals surface area contributed by atoms with Gasteiger partial charge in [-0.2, -0.15) is 0 Å². The minimum Gasteiger partial charge on any atom is -0.396 e. The van der Waals surface area contributed by atoms with Gasteiger partial charge in [0.15, 0.2) is 0 Å². The molecule has 7 heteroatoms.